The predicted molar refractivity (Wildman–Crippen MR) is 126 cm³/mol. The van der Waals surface area contributed by atoms with Crippen LogP contribution in [0, 0.1) is 11.7 Å². The first-order valence-corrected chi connectivity index (χ1v) is 12.5. The van der Waals surface area contributed by atoms with E-state index >= 15 is 0 Å². The van der Waals surface area contributed by atoms with Gasteiger partial charge in [-0.1, -0.05) is 12.5 Å². The summed E-state index contributed by atoms with van der Waals surface area (Å²) in [6.07, 6.45) is 6.88. The van der Waals surface area contributed by atoms with Crippen molar-refractivity contribution in [2.75, 3.05) is 31.6 Å². The first kappa shape index (κ1) is 21.0. The summed E-state index contributed by atoms with van der Waals surface area (Å²) in [7, 11) is 0. The van der Waals surface area contributed by atoms with Crippen LogP contribution in [-0.4, -0.2) is 43.1 Å². The zero-order valence-corrected chi connectivity index (χ0v) is 19.0. The molecule has 2 N–H and O–H groups in total. The van der Waals surface area contributed by atoms with Crippen molar-refractivity contribution >= 4 is 11.6 Å². The normalized spacial score (nSPS) is 22.9. The molecule has 1 amide bonds. The molecule has 3 heterocycles. The van der Waals surface area contributed by atoms with Gasteiger partial charge in [0.1, 0.15) is 18.2 Å². The highest BCUT2D eigenvalue weighted by Crippen LogP contribution is 2.37. The molecule has 2 atom stereocenters. The minimum atomic E-state index is -0.143. The van der Waals surface area contributed by atoms with Crippen LogP contribution >= 0.6 is 0 Å². The fourth-order valence-corrected chi connectivity index (χ4v) is 5.82. The van der Waals surface area contributed by atoms with Gasteiger partial charge in [-0.05, 0) is 80.0 Å². The highest BCUT2D eigenvalue weighted by atomic mass is 19.1. The van der Waals surface area contributed by atoms with Gasteiger partial charge in [0.25, 0.3) is 5.91 Å². The molecule has 1 aliphatic carbocycles. The van der Waals surface area contributed by atoms with Gasteiger partial charge in [0.15, 0.2) is 0 Å². The smallest absolute Gasteiger partial charge is 0.252 e. The van der Waals surface area contributed by atoms with E-state index in [1.165, 1.54) is 18.9 Å². The molecule has 1 saturated carbocycles. The Labute approximate surface area is 194 Å². The summed E-state index contributed by atoms with van der Waals surface area (Å²) in [5, 5.41) is 6.38. The van der Waals surface area contributed by atoms with Crippen molar-refractivity contribution in [1.82, 2.24) is 10.2 Å². The van der Waals surface area contributed by atoms with Crippen LogP contribution in [0.15, 0.2) is 30.3 Å². The van der Waals surface area contributed by atoms with Gasteiger partial charge in [-0.25, -0.2) is 4.39 Å². The molecule has 4 aliphatic rings. The van der Waals surface area contributed by atoms with Gasteiger partial charge in [-0.15, -0.1) is 0 Å². The Morgan fingerprint density at radius 3 is 2.91 bits per heavy atom. The summed E-state index contributed by atoms with van der Waals surface area (Å²) in [6, 6.07) is 9.47. The quantitative estimate of drug-likeness (QED) is 0.584. The van der Waals surface area contributed by atoms with Crippen molar-refractivity contribution in [3.05, 3.63) is 58.4 Å². The number of rotatable bonds is 8. The number of fused-ring (bicyclic) bond motifs is 4. The number of nitrogens with zero attached hydrogens (tertiary/aromatic N) is 1. The fraction of sp³-hybridized carbons (Fsp3) is 0.519. The lowest BCUT2D eigenvalue weighted by molar-refractivity contribution is 0.0953. The van der Waals surface area contributed by atoms with Crippen molar-refractivity contribution in [1.29, 1.82) is 0 Å². The molecule has 2 aromatic carbocycles. The highest BCUT2D eigenvalue weighted by molar-refractivity contribution is 6.00. The first-order chi connectivity index (χ1) is 16.2. The lowest BCUT2D eigenvalue weighted by Crippen LogP contribution is -2.45. The van der Waals surface area contributed by atoms with Crippen LogP contribution < -0.4 is 15.4 Å². The van der Waals surface area contributed by atoms with Gasteiger partial charge in [-0.3, -0.25) is 9.69 Å². The molecule has 0 aromatic heterocycles. The molecular formula is C27H32FN3O2. The van der Waals surface area contributed by atoms with Gasteiger partial charge in [-0.2, -0.15) is 0 Å². The number of carbonyl (C=O) groups is 1. The molecular weight excluding hydrogens is 417 g/mol. The number of benzene rings is 2. The second-order valence-electron chi connectivity index (χ2n) is 10.2. The Balaban J connectivity index is 1.09. The Morgan fingerprint density at radius 2 is 2.03 bits per heavy atom. The third kappa shape index (κ3) is 4.21. The number of amides is 1. The molecule has 2 aromatic rings. The van der Waals surface area contributed by atoms with Crippen LogP contribution in [0.2, 0.25) is 0 Å². The van der Waals surface area contributed by atoms with Crippen molar-refractivity contribution in [3.8, 4) is 5.75 Å². The fourth-order valence-electron chi connectivity index (χ4n) is 5.82. The number of carbonyl (C=O) groups excluding carboxylic acids is 1. The minimum absolute atomic E-state index is 0.0433. The van der Waals surface area contributed by atoms with Gasteiger partial charge in [0.2, 0.25) is 0 Å². The maximum atomic E-state index is 13.7. The molecule has 0 radical (unpaired) electrons. The van der Waals surface area contributed by atoms with Gasteiger partial charge >= 0.3 is 0 Å². The Morgan fingerprint density at radius 1 is 1.12 bits per heavy atom. The Bertz CT molecular complexity index is 1070. The number of ether oxygens (including phenoxy) is 1. The molecule has 5 nitrogen and oxygen atoms in total. The van der Waals surface area contributed by atoms with E-state index in [9.17, 15) is 9.18 Å². The topological polar surface area (TPSA) is 53.6 Å². The number of anilines is 1. The van der Waals surface area contributed by atoms with Gasteiger partial charge < -0.3 is 15.4 Å². The van der Waals surface area contributed by atoms with Crippen LogP contribution in [-0.2, 0) is 13.0 Å². The molecule has 3 aliphatic heterocycles. The zero-order valence-electron chi connectivity index (χ0n) is 19.0. The second-order valence-corrected chi connectivity index (χ2v) is 10.2. The molecule has 0 saturated heterocycles. The van der Waals surface area contributed by atoms with E-state index in [0.29, 0.717) is 25.1 Å². The second kappa shape index (κ2) is 8.64. The van der Waals surface area contributed by atoms with E-state index in [1.807, 2.05) is 18.2 Å². The van der Waals surface area contributed by atoms with Crippen LogP contribution in [0.5, 0.6) is 5.75 Å². The van der Waals surface area contributed by atoms with Crippen molar-refractivity contribution in [2.24, 2.45) is 5.92 Å². The SMILES string of the molecule is O=C1NCc2ccc3c(c21)CC(N(CCCCC1CNc2ccc(F)cc21)CC1CC1)CO3. The first-order valence-electron chi connectivity index (χ1n) is 12.5. The summed E-state index contributed by atoms with van der Waals surface area (Å²) in [5.41, 5.74) is 5.26. The van der Waals surface area contributed by atoms with E-state index < -0.39 is 0 Å². The summed E-state index contributed by atoms with van der Waals surface area (Å²) in [5.74, 6) is 1.99. The summed E-state index contributed by atoms with van der Waals surface area (Å²) in [6.45, 7) is 4.41. The summed E-state index contributed by atoms with van der Waals surface area (Å²) >= 11 is 0. The zero-order chi connectivity index (χ0) is 22.4. The number of hydrogen-bond acceptors (Lipinski definition) is 4. The number of hydrogen-bond donors (Lipinski definition) is 2. The van der Waals surface area contributed by atoms with Crippen molar-refractivity contribution in [3.63, 3.8) is 0 Å². The van der Waals surface area contributed by atoms with Crippen LogP contribution in [0.1, 0.15) is 65.1 Å². The molecule has 2 unspecified atom stereocenters. The third-order valence-electron chi connectivity index (χ3n) is 7.84. The van der Waals surface area contributed by atoms with Gasteiger partial charge in [0.05, 0.1) is 5.56 Å². The lowest BCUT2D eigenvalue weighted by atomic mass is 9.93. The number of unbranched alkanes of at least 4 members (excludes halogenated alkanes) is 1. The molecule has 6 rings (SSSR count). The van der Waals surface area contributed by atoms with E-state index in [4.69, 9.17) is 4.74 Å². The van der Waals surface area contributed by atoms with E-state index in [1.54, 1.807) is 6.07 Å². The number of halogens is 1. The third-order valence-corrected chi connectivity index (χ3v) is 7.84. The average molecular weight is 450 g/mol. The predicted octanol–water partition coefficient (Wildman–Crippen LogP) is 4.46. The van der Waals surface area contributed by atoms with Gasteiger partial charge in [0, 0.05) is 42.8 Å². The monoisotopic (exact) mass is 449 g/mol. The molecule has 1 fully saturated rings. The maximum Gasteiger partial charge on any atom is 0.252 e. The van der Waals surface area contributed by atoms with Crippen molar-refractivity contribution < 1.29 is 13.9 Å². The Hall–Kier alpha value is -2.60. The molecule has 0 spiro atoms. The van der Waals surface area contributed by atoms with Crippen LogP contribution in [0.3, 0.4) is 0 Å². The van der Waals surface area contributed by atoms with E-state index in [2.05, 4.69) is 15.5 Å². The molecule has 6 heteroatoms. The minimum Gasteiger partial charge on any atom is -0.492 e. The molecule has 0 bridgehead atoms. The number of nitrogens with one attached hydrogen (secondary N) is 2. The van der Waals surface area contributed by atoms with E-state index in [-0.39, 0.29) is 11.7 Å². The standard InChI is InChI=1S/C27H32FN3O2/c28-20-7-8-24-22(11-20)18(13-29-24)3-1-2-10-31(15-17-4-5-17)21-12-23-25(33-16-21)9-6-19-14-30-27(32)26(19)23/h6-9,11,17-18,21,29H,1-5,10,12-16H2,(H,30,32). The maximum absolute atomic E-state index is 13.7. The van der Waals surface area contributed by atoms with Crippen LogP contribution in [0.4, 0.5) is 10.1 Å². The Kier molecular flexibility index (Phi) is 5.49. The molecule has 174 valence electrons. The lowest BCUT2D eigenvalue weighted by Gasteiger charge is -2.36. The van der Waals surface area contributed by atoms with Crippen LogP contribution in [0.25, 0.3) is 0 Å². The van der Waals surface area contributed by atoms with Crippen molar-refractivity contribution in [2.45, 2.75) is 57.0 Å². The highest BCUT2D eigenvalue weighted by Gasteiger charge is 2.34. The van der Waals surface area contributed by atoms with E-state index in [0.717, 1.165) is 84.9 Å². The molecule has 33 heavy (non-hydrogen) atoms. The summed E-state index contributed by atoms with van der Waals surface area (Å²) in [4.78, 5) is 15.1. The summed E-state index contributed by atoms with van der Waals surface area (Å²) < 4.78 is 19.9. The average Bonchev–Trinajstić information content (AvgIpc) is 3.44. The largest absolute Gasteiger partial charge is 0.492 e.